The van der Waals surface area contributed by atoms with Crippen LogP contribution in [0.5, 0.6) is 11.5 Å². The van der Waals surface area contributed by atoms with E-state index >= 15 is 0 Å². The smallest absolute Gasteiger partial charge is 0.229 e. The zero-order valence-corrected chi connectivity index (χ0v) is 17.2. The molecule has 0 spiro atoms. The molecule has 0 saturated carbocycles. The number of hydrogen-bond donors (Lipinski definition) is 1. The number of sulfone groups is 1. The van der Waals surface area contributed by atoms with E-state index < -0.39 is 15.8 Å². The van der Waals surface area contributed by atoms with Gasteiger partial charge in [-0.1, -0.05) is 0 Å². The minimum absolute atomic E-state index is 0.0631. The van der Waals surface area contributed by atoms with Gasteiger partial charge in [-0.25, -0.2) is 8.42 Å². The average molecular weight is 418 g/mol. The Kier molecular flexibility index (Phi) is 5.78. The standard InChI is InChI=1S/C20H22N2O6S/c1-27-15-6-9-18(28-2)17(11-15)22-12-13(10-19(22)23)20(24)21-14-4-7-16(8-5-14)29(3,25)26/h4-9,11,13H,10,12H2,1-3H3,(H,21,24). The second-order valence-electron chi connectivity index (χ2n) is 6.73. The molecule has 154 valence electrons. The summed E-state index contributed by atoms with van der Waals surface area (Å²) in [5.41, 5.74) is 1.01. The Morgan fingerprint density at radius 1 is 1.10 bits per heavy atom. The van der Waals surface area contributed by atoms with Crippen molar-refractivity contribution in [1.82, 2.24) is 0 Å². The number of benzene rings is 2. The quantitative estimate of drug-likeness (QED) is 0.771. The Hall–Kier alpha value is -3.07. The van der Waals surface area contributed by atoms with Gasteiger partial charge < -0.3 is 19.7 Å². The number of rotatable bonds is 6. The number of amides is 2. The summed E-state index contributed by atoms with van der Waals surface area (Å²) < 4.78 is 33.6. The van der Waals surface area contributed by atoms with Gasteiger partial charge in [0.25, 0.3) is 0 Å². The monoisotopic (exact) mass is 418 g/mol. The third-order valence-corrected chi connectivity index (χ3v) is 5.85. The van der Waals surface area contributed by atoms with E-state index in [1.807, 2.05) is 0 Å². The van der Waals surface area contributed by atoms with Crippen molar-refractivity contribution >= 4 is 33.0 Å². The van der Waals surface area contributed by atoms with Gasteiger partial charge in [-0.05, 0) is 36.4 Å². The lowest BCUT2D eigenvalue weighted by atomic mass is 10.1. The molecule has 0 aliphatic carbocycles. The highest BCUT2D eigenvalue weighted by Gasteiger charge is 2.36. The third-order valence-electron chi connectivity index (χ3n) is 4.72. The van der Waals surface area contributed by atoms with E-state index in [1.165, 1.54) is 43.4 Å². The van der Waals surface area contributed by atoms with E-state index in [1.54, 1.807) is 18.2 Å². The molecule has 1 aliphatic heterocycles. The van der Waals surface area contributed by atoms with Crippen molar-refractivity contribution in [2.45, 2.75) is 11.3 Å². The van der Waals surface area contributed by atoms with Crippen molar-refractivity contribution in [3.05, 3.63) is 42.5 Å². The van der Waals surface area contributed by atoms with Crippen LogP contribution in [0.4, 0.5) is 11.4 Å². The summed E-state index contributed by atoms with van der Waals surface area (Å²) in [5, 5.41) is 2.74. The van der Waals surface area contributed by atoms with Crippen LogP contribution in [-0.2, 0) is 19.4 Å². The Morgan fingerprint density at radius 2 is 1.79 bits per heavy atom. The summed E-state index contributed by atoms with van der Waals surface area (Å²) in [7, 11) is -0.267. The SMILES string of the molecule is COc1ccc(OC)c(N2CC(C(=O)Nc3ccc(S(C)(=O)=O)cc3)CC2=O)c1. The van der Waals surface area contributed by atoms with Crippen molar-refractivity contribution < 1.29 is 27.5 Å². The van der Waals surface area contributed by atoms with E-state index in [2.05, 4.69) is 5.32 Å². The van der Waals surface area contributed by atoms with E-state index in [0.29, 0.717) is 22.9 Å². The third kappa shape index (κ3) is 4.51. The van der Waals surface area contributed by atoms with Gasteiger partial charge in [0.05, 0.1) is 30.7 Å². The number of carbonyl (C=O) groups is 2. The van der Waals surface area contributed by atoms with Crippen molar-refractivity contribution in [2.24, 2.45) is 5.92 Å². The fraction of sp³-hybridized carbons (Fsp3) is 0.300. The largest absolute Gasteiger partial charge is 0.497 e. The molecule has 1 atom stereocenters. The second kappa shape index (κ2) is 8.12. The summed E-state index contributed by atoms with van der Waals surface area (Å²) >= 11 is 0. The summed E-state index contributed by atoms with van der Waals surface area (Å²) in [5.74, 6) is 0.0379. The van der Waals surface area contributed by atoms with Crippen LogP contribution in [0.2, 0.25) is 0 Å². The molecule has 3 rings (SSSR count). The lowest BCUT2D eigenvalue weighted by Crippen LogP contribution is -2.28. The van der Waals surface area contributed by atoms with Gasteiger partial charge in [0.2, 0.25) is 11.8 Å². The van der Waals surface area contributed by atoms with Crippen molar-refractivity contribution in [2.75, 3.05) is 37.2 Å². The Morgan fingerprint density at radius 3 is 2.38 bits per heavy atom. The number of anilines is 2. The molecule has 29 heavy (non-hydrogen) atoms. The molecule has 1 unspecified atom stereocenters. The highest BCUT2D eigenvalue weighted by Crippen LogP contribution is 2.36. The molecule has 1 heterocycles. The predicted molar refractivity (Wildman–Crippen MR) is 108 cm³/mol. The van der Waals surface area contributed by atoms with Gasteiger partial charge in [0, 0.05) is 31.0 Å². The summed E-state index contributed by atoms with van der Waals surface area (Å²) in [6.45, 7) is 0.204. The Labute approximate surface area is 169 Å². The molecule has 0 aromatic heterocycles. The predicted octanol–water partition coefficient (Wildman–Crippen LogP) is 2.10. The van der Waals surface area contributed by atoms with E-state index in [-0.39, 0.29) is 29.7 Å². The normalized spacial score (nSPS) is 16.6. The number of hydrogen-bond acceptors (Lipinski definition) is 6. The number of ether oxygens (including phenoxy) is 2. The van der Waals surface area contributed by atoms with Crippen molar-refractivity contribution in [3.63, 3.8) is 0 Å². The maximum absolute atomic E-state index is 12.6. The van der Waals surface area contributed by atoms with Crippen LogP contribution in [-0.4, -0.2) is 47.3 Å². The second-order valence-corrected chi connectivity index (χ2v) is 8.74. The highest BCUT2D eigenvalue weighted by atomic mass is 32.2. The zero-order valence-electron chi connectivity index (χ0n) is 16.3. The zero-order chi connectivity index (χ0) is 21.2. The van der Waals surface area contributed by atoms with Crippen molar-refractivity contribution in [1.29, 1.82) is 0 Å². The van der Waals surface area contributed by atoms with Gasteiger partial charge in [0.15, 0.2) is 9.84 Å². The van der Waals surface area contributed by atoms with Gasteiger partial charge >= 0.3 is 0 Å². The molecule has 1 N–H and O–H groups in total. The number of methoxy groups -OCH3 is 2. The Balaban J connectivity index is 1.74. The number of nitrogens with zero attached hydrogens (tertiary/aromatic N) is 1. The van der Waals surface area contributed by atoms with Crippen LogP contribution in [0.25, 0.3) is 0 Å². The van der Waals surface area contributed by atoms with Crippen LogP contribution in [0, 0.1) is 5.92 Å². The van der Waals surface area contributed by atoms with E-state index in [9.17, 15) is 18.0 Å². The first-order valence-corrected chi connectivity index (χ1v) is 10.8. The maximum Gasteiger partial charge on any atom is 0.229 e. The molecule has 8 nitrogen and oxygen atoms in total. The van der Waals surface area contributed by atoms with Gasteiger partial charge in [-0.15, -0.1) is 0 Å². The van der Waals surface area contributed by atoms with Crippen LogP contribution < -0.4 is 19.7 Å². The summed E-state index contributed by atoms with van der Waals surface area (Å²) in [6, 6.07) is 11.0. The van der Waals surface area contributed by atoms with Crippen molar-refractivity contribution in [3.8, 4) is 11.5 Å². The molecule has 1 aliphatic rings. The lowest BCUT2D eigenvalue weighted by Gasteiger charge is -2.20. The molecule has 1 fully saturated rings. The fourth-order valence-corrected chi connectivity index (χ4v) is 3.78. The average Bonchev–Trinajstić information content (AvgIpc) is 3.09. The molecule has 2 aromatic carbocycles. The van der Waals surface area contributed by atoms with Gasteiger partial charge in [-0.3, -0.25) is 9.59 Å². The molecule has 9 heteroatoms. The molecule has 0 radical (unpaired) electrons. The first-order valence-electron chi connectivity index (χ1n) is 8.86. The van der Waals surface area contributed by atoms with Crippen LogP contribution in [0.1, 0.15) is 6.42 Å². The molecular weight excluding hydrogens is 396 g/mol. The maximum atomic E-state index is 12.6. The fourth-order valence-electron chi connectivity index (χ4n) is 3.15. The Bertz CT molecular complexity index is 1030. The van der Waals surface area contributed by atoms with Gasteiger partial charge in [0.1, 0.15) is 11.5 Å². The van der Waals surface area contributed by atoms with E-state index in [0.717, 1.165) is 6.26 Å². The highest BCUT2D eigenvalue weighted by molar-refractivity contribution is 7.90. The summed E-state index contributed by atoms with van der Waals surface area (Å²) in [6.07, 6.45) is 1.18. The first kappa shape index (κ1) is 20.7. The molecule has 2 amide bonds. The molecule has 0 bridgehead atoms. The lowest BCUT2D eigenvalue weighted by molar-refractivity contribution is -0.122. The van der Waals surface area contributed by atoms with Crippen LogP contribution >= 0.6 is 0 Å². The summed E-state index contributed by atoms with van der Waals surface area (Å²) in [4.78, 5) is 26.9. The van der Waals surface area contributed by atoms with Gasteiger partial charge in [-0.2, -0.15) is 0 Å². The van der Waals surface area contributed by atoms with Crippen LogP contribution in [0.3, 0.4) is 0 Å². The first-order chi connectivity index (χ1) is 13.7. The van der Waals surface area contributed by atoms with E-state index in [4.69, 9.17) is 9.47 Å². The molecular formula is C20H22N2O6S. The number of carbonyl (C=O) groups excluding carboxylic acids is 2. The van der Waals surface area contributed by atoms with Crippen LogP contribution in [0.15, 0.2) is 47.4 Å². The minimum atomic E-state index is -3.31. The molecule has 2 aromatic rings. The minimum Gasteiger partial charge on any atom is -0.497 e. The molecule has 1 saturated heterocycles. The topological polar surface area (TPSA) is 102 Å². The number of nitrogens with one attached hydrogen (secondary N) is 1.